The lowest BCUT2D eigenvalue weighted by atomic mass is 10.2. The molecule has 3 aromatic rings. The molecule has 0 fully saturated rings. The van der Waals surface area contributed by atoms with Crippen LogP contribution in [0.15, 0.2) is 21.2 Å². The Labute approximate surface area is 128 Å². The van der Waals surface area contributed by atoms with E-state index in [9.17, 15) is 26.5 Å². The molecule has 22 heavy (non-hydrogen) atoms. The van der Waals surface area contributed by atoms with E-state index in [0.29, 0.717) is 11.5 Å². The monoisotopic (exact) mass is 361 g/mol. The molecule has 1 aromatic carbocycles. The fourth-order valence-electron chi connectivity index (χ4n) is 1.95. The minimum absolute atomic E-state index is 0.0214. The van der Waals surface area contributed by atoms with Crippen molar-refractivity contribution in [2.24, 2.45) is 0 Å². The van der Waals surface area contributed by atoms with E-state index in [-0.39, 0.29) is 26.1 Å². The van der Waals surface area contributed by atoms with Gasteiger partial charge in [0.2, 0.25) is 0 Å². The SMILES string of the molecule is CS(=O)(=O)c1snc2c1nnc1c(S(=O)(=O)O)cc(O)cc12. The van der Waals surface area contributed by atoms with Gasteiger partial charge in [0.15, 0.2) is 14.0 Å². The van der Waals surface area contributed by atoms with Crippen molar-refractivity contribution in [3.05, 3.63) is 12.1 Å². The largest absolute Gasteiger partial charge is 0.508 e. The van der Waals surface area contributed by atoms with E-state index in [2.05, 4.69) is 14.6 Å². The summed E-state index contributed by atoms with van der Waals surface area (Å²) in [5, 5.41) is 17.1. The Morgan fingerprint density at radius 2 is 1.68 bits per heavy atom. The molecule has 116 valence electrons. The van der Waals surface area contributed by atoms with Crippen molar-refractivity contribution in [2.45, 2.75) is 9.10 Å². The van der Waals surface area contributed by atoms with Gasteiger partial charge in [-0.3, -0.25) is 4.55 Å². The van der Waals surface area contributed by atoms with Crippen LogP contribution in [0.25, 0.3) is 21.9 Å². The summed E-state index contributed by atoms with van der Waals surface area (Å²) in [5.74, 6) is -0.441. The number of phenolic OH excluding ortho intramolecular Hbond substituents is 1. The van der Waals surface area contributed by atoms with Crippen LogP contribution in [0.4, 0.5) is 0 Å². The van der Waals surface area contributed by atoms with Gasteiger partial charge in [0.25, 0.3) is 10.1 Å². The van der Waals surface area contributed by atoms with Crippen LogP contribution in [0.1, 0.15) is 0 Å². The highest BCUT2D eigenvalue weighted by atomic mass is 32.2. The van der Waals surface area contributed by atoms with Gasteiger partial charge in [0.05, 0.1) is 0 Å². The zero-order valence-electron chi connectivity index (χ0n) is 10.7. The Morgan fingerprint density at radius 3 is 2.27 bits per heavy atom. The van der Waals surface area contributed by atoms with E-state index in [4.69, 9.17) is 0 Å². The van der Waals surface area contributed by atoms with Crippen LogP contribution in [0.5, 0.6) is 5.75 Å². The molecule has 0 amide bonds. The fraction of sp³-hybridized carbons (Fsp3) is 0.100. The number of hydrogen-bond donors (Lipinski definition) is 2. The average Bonchev–Trinajstić information content (AvgIpc) is 2.80. The minimum atomic E-state index is -4.65. The predicted molar refractivity (Wildman–Crippen MR) is 77.3 cm³/mol. The van der Waals surface area contributed by atoms with Crippen LogP contribution in [-0.2, 0) is 20.0 Å². The summed E-state index contributed by atoms with van der Waals surface area (Å²) in [4.78, 5) is -0.634. The fourth-order valence-corrected chi connectivity index (χ4v) is 4.34. The van der Waals surface area contributed by atoms with Crippen LogP contribution in [0.3, 0.4) is 0 Å². The lowest BCUT2D eigenvalue weighted by molar-refractivity contribution is 0.467. The van der Waals surface area contributed by atoms with Crippen molar-refractivity contribution >= 4 is 53.4 Å². The molecular weight excluding hydrogens is 354 g/mol. The second-order valence-electron chi connectivity index (χ2n) is 4.45. The molecule has 2 heterocycles. The second kappa shape index (κ2) is 4.55. The van der Waals surface area contributed by atoms with Gasteiger partial charge in [-0.2, -0.15) is 12.8 Å². The number of sulfone groups is 1. The van der Waals surface area contributed by atoms with E-state index >= 15 is 0 Å². The van der Waals surface area contributed by atoms with Gasteiger partial charge >= 0.3 is 0 Å². The lowest BCUT2D eigenvalue weighted by Crippen LogP contribution is -2.02. The average molecular weight is 361 g/mol. The molecule has 0 atom stereocenters. The summed E-state index contributed by atoms with van der Waals surface area (Å²) in [5.41, 5.74) is -0.152. The van der Waals surface area contributed by atoms with Crippen LogP contribution >= 0.6 is 11.5 Å². The first kappa shape index (κ1) is 15.0. The molecule has 2 N–H and O–H groups in total. The molecule has 3 rings (SSSR count). The smallest absolute Gasteiger partial charge is 0.296 e. The van der Waals surface area contributed by atoms with Crippen LogP contribution in [-0.4, -0.2) is 47.3 Å². The van der Waals surface area contributed by atoms with Crippen molar-refractivity contribution < 1.29 is 26.5 Å². The number of aromatic hydroxyl groups is 1. The number of aromatic nitrogens is 3. The lowest BCUT2D eigenvalue weighted by Gasteiger charge is -2.04. The Morgan fingerprint density at radius 1 is 1.05 bits per heavy atom. The summed E-state index contributed by atoms with van der Waals surface area (Å²) >= 11 is 0.670. The Kier molecular flexibility index (Phi) is 3.11. The van der Waals surface area contributed by atoms with E-state index in [1.54, 1.807) is 0 Å². The summed E-state index contributed by atoms with van der Waals surface area (Å²) < 4.78 is 59.1. The highest BCUT2D eigenvalue weighted by Crippen LogP contribution is 2.33. The topological polar surface area (TPSA) is 147 Å². The third kappa shape index (κ3) is 2.29. The van der Waals surface area contributed by atoms with Crippen LogP contribution < -0.4 is 0 Å². The van der Waals surface area contributed by atoms with E-state index in [1.807, 2.05) is 0 Å². The van der Waals surface area contributed by atoms with Gasteiger partial charge in [-0.15, -0.1) is 10.2 Å². The quantitative estimate of drug-likeness (QED) is 0.626. The third-order valence-electron chi connectivity index (χ3n) is 2.82. The number of nitrogens with zero attached hydrogens (tertiary/aromatic N) is 3. The van der Waals surface area contributed by atoms with Gasteiger partial charge in [-0.25, -0.2) is 8.42 Å². The summed E-state index contributed by atoms with van der Waals surface area (Å²) in [7, 11) is -8.23. The Bertz CT molecular complexity index is 1130. The Hall–Kier alpha value is -1.89. The van der Waals surface area contributed by atoms with Crippen molar-refractivity contribution in [1.82, 2.24) is 14.6 Å². The summed E-state index contributed by atoms with van der Waals surface area (Å²) in [6, 6.07) is 1.99. The summed E-state index contributed by atoms with van der Waals surface area (Å²) in [6.07, 6.45) is 0.984. The number of benzene rings is 1. The second-order valence-corrected chi connectivity index (χ2v) is 8.83. The molecule has 0 aliphatic carbocycles. The zero-order chi connectivity index (χ0) is 16.3. The van der Waals surface area contributed by atoms with Crippen molar-refractivity contribution in [3.63, 3.8) is 0 Å². The number of fused-ring (bicyclic) bond motifs is 3. The number of phenols is 1. The van der Waals surface area contributed by atoms with E-state index in [1.165, 1.54) is 6.07 Å². The van der Waals surface area contributed by atoms with Gasteiger partial charge in [-0.1, -0.05) is 0 Å². The minimum Gasteiger partial charge on any atom is -0.508 e. The normalized spacial score (nSPS) is 13.0. The molecule has 0 radical (unpaired) electrons. The molecule has 0 saturated carbocycles. The van der Waals surface area contributed by atoms with Gasteiger partial charge in [0, 0.05) is 17.7 Å². The molecule has 0 spiro atoms. The van der Waals surface area contributed by atoms with Crippen molar-refractivity contribution in [2.75, 3.05) is 6.26 Å². The number of rotatable bonds is 2. The van der Waals surface area contributed by atoms with Gasteiger partial charge in [0.1, 0.15) is 27.2 Å². The predicted octanol–water partition coefficient (Wildman–Crippen LogP) is 0.595. The van der Waals surface area contributed by atoms with Gasteiger partial charge in [-0.05, 0) is 17.6 Å². The van der Waals surface area contributed by atoms with E-state index < -0.39 is 30.6 Å². The summed E-state index contributed by atoms with van der Waals surface area (Å²) in [6.45, 7) is 0. The molecule has 2 aromatic heterocycles. The number of hydrogen-bond acceptors (Lipinski definition) is 9. The molecule has 0 bridgehead atoms. The van der Waals surface area contributed by atoms with Crippen LogP contribution in [0, 0.1) is 0 Å². The van der Waals surface area contributed by atoms with Gasteiger partial charge < -0.3 is 5.11 Å². The first-order valence-electron chi connectivity index (χ1n) is 5.55. The molecule has 12 heteroatoms. The van der Waals surface area contributed by atoms with Crippen LogP contribution in [0.2, 0.25) is 0 Å². The first-order valence-corrected chi connectivity index (χ1v) is 9.66. The van der Waals surface area contributed by atoms with Crippen molar-refractivity contribution in [3.8, 4) is 5.75 Å². The highest BCUT2D eigenvalue weighted by molar-refractivity contribution is 7.92. The van der Waals surface area contributed by atoms with E-state index in [0.717, 1.165) is 12.3 Å². The third-order valence-corrected chi connectivity index (χ3v) is 6.32. The molecule has 0 unspecified atom stereocenters. The van der Waals surface area contributed by atoms with Crippen molar-refractivity contribution in [1.29, 1.82) is 0 Å². The molecular formula is C10H7N3O6S3. The maximum atomic E-state index is 11.7. The highest BCUT2D eigenvalue weighted by Gasteiger charge is 2.23. The molecule has 0 aliphatic heterocycles. The maximum Gasteiger partial charge on any atom is 0.296 e. The Balaban J connectivity index is 2.55. The standard InChI is InChI=1S/C10H7N3O6S3/c1-21(15,16)10-9-8(13-20-10)5-2-4(14)3-6(22(17,18)19)7(5)11-12-9/h2-3,14H,1H3,(H,17,18,19). The molecule has 0 aliphatic rings. The zero-order valence-corrected chi connectivity index (χ0v) is 13.2. The molecule has 9 nitrogen and oxygen atoms in total. The molecule has 0 saturated heterocycles. The first-order chi connectivity index (χ1) is 10.1. The maximum absolute atomic E-state index is 11.7.